The number of nitrogens with one attached hydrogen (secondary N) is 2. The van der Waals surface area contributed by atoms with Crippen molar-refractivity contribution in [2.45, 2.75) is 71.0 Å². The Balaban J connectivity index is 0.974. The lowest BCUT2D eigenvalue weighted by atomic mass is 9.92. The molecule has 14 heteroatoms. The number of amides is 3. The van der Waals surface area contributed by atoms with Crippen molar-refractivity contribution in [1.29, 1.82) is 0 Å². The number of aliphatic carboxylic acids is 1. The van der Waals surface area contributed by atoms with E-state index in [0.29, 0.717) is 51.0 Å². The van der Waals surface area contributed by atoms with Gasteiger partial charge in [-0.2, -0.15) is 0 Å². The van der Waals surface area contributed by atoms with Crippen LogP contribution in [0.25, 0.3) is 0 Å². The van der Waals surface area contributed by atoms with Gasteiger partial charge in [0, 0.05) is 36.8 Å². The molecule has 2 aliphatic rings. The quantitative estimate of drug-likeness (QED) is 0.103. The highest BCUT2D eigenvalue weighted by Gasteiger charge is 2.38. The Morgan fingerprint density at radius 3 is 2.30 bits per heavy atom. The maximum Gasteiger partial charge on any atom is 0.326 e. The number of nitrogens with zero attached hydrogens (tertiary/aromatic N) is 2. The number of pyridine rings is 1. The number of benzene rings is 5. The summed E-state index contributed by atoms with van der Waals surface area (Å²) in [5, 5.41) is 17.0. The van der Waals surface area contributed by atoms with Crippen molar-refractivity contribution in [2.24, 2.45) is 0 Å². The molecule has 5 aromatic carbocycles. The molecule has 3 heterocycles. The monoisotopic (exact) mass is 900 g/mol. The Bertz CT molecular complexity index is 2660. The van der Waals surface area contributed by atoms with E-state index in [2.05, 4.69) is 15.6 Å². The molecule has 328 valence electrons. The molecule has 0 fully saturated rings. The van der Waals surface area contributed by atoms with Crippen molar-refractivity contribution >= 4 is 41.1 Å². The molecule has 8 rings (SSSR count). The van der Waals surface area contributed by atoms with Crippen molar-refractivity contribution in [1.82, 2.24) is 20.5 Å². The summed E-state index contributed by atoms with van der Waals surface area (Å²) in [6.07, 6.45) is 1.38. The van der Waals surface area contributed by atoms with E-state index < -0.39 is 36.1 Å². The van der Waals surface area contributed by atoms with Crippen molar-refractivity contribution < 1.29 is 38.4 Å². The highest BCUT2D eigenvalue weighted by atomic mass is 35.5. The van der Waals surface area contributed by atoms with Crippen LogP contribution in [0.2, 0.25) is 10.0 Å². The van der Waals surface area contributed by atoms with Crippen molar-refractivity contribution in [3.8, 4) is 28.7 Å². The zero-order valence-electron chi connectivity index (χ0n) is 35.3. The number of ether oxygens (including phenoxy) is 4. The molecule has 0 spiro atoms. The SMILES string of the molecule is Cc1nccc(Oc2ccc(C[C@H](NC(=O)C3Cc4cc5c(cc4CN3C(=O)NC(C)c3ccccc3)OC(c3ccc(OCc4ccc(Cl)c(Cl)c4)cc3)CO5)C(=O)O)cc2)c1C. The van der Waals surface area contributed by atoms with Crippen LogP contribution in [0.4, 0.5) is 4.79 Å². The maximum atomic E-state index is 14.3. The van der Waals surface area contributed by atoms with Gasteiger partial charge >= 0.3 is 12.0 Å². The molecule has 3 N–H and O–H groups in total. The van der Waals surface area contributed by atoms with Crippen LogP contribution in [0.5, 0.6) is 28.7 Å². The predicted octanol–water partition coefficient (Wildman–Crippen LogP) is 9.90. The topological polar surface area (TPSA) is 149 Å². The second kappa shape index (κ2) is 19.3. The first-order valence-corrected chi connectivity index (χ1v) is 21.6. The lowest BCUT2D eigenvalue weighted by Gasteiger charge is -2.38. The Labute approximate surface area is 381 Å². The Morgan fingerprint density at radius 1 is 0.844 bits per heavy atom. The van der Waals surface area contributed by atoms with E-state index in [1.54, 1.807) is 48.7 Å². The maximum absolute atomic E-state index is 14.3. The normalized spacial score (nSPS) is 16.2. The average molecular weight is 902 g/mol. The number of carboxylic acids is 1. The van der Waals surface area contributed by atoms with E-state index in [-0.39, 0.29) is 32.0 Å². The molecule has 0 bridgehead atoms. The molecular weight excluding hydrogens is 855 g/mol. The molecule has 6 aromatic rings. The number of halogens is 2. The number of rotatable bonds is 13. The lowest BCUT2D eigenvalue weighted by molar-refractivity contribution is -0.142. The van der Waals surface area contributed by atoms with E-state index in [1.165, 1.54) is 4.90 Å². The summed E-state index contributed by atoms with van der Waals surface area (Å²) in [6.45, 7) is 6.32. The zero-order chi connectivity index (χ0) is 44.9. The van der Waals surface area contributed by atoms with Crippen molar-refractivity contribution in [3.63, 3.8) is 0 Å². The van der Waals surface area contributed by atoms with Crippen molar-refractivity contribution in [2.75, 3.05) is 6.61 Å². The number of aryl methyl sites for hydroxylation is 1. The van der Waals surface area contributed by atoms with Crippen LogP contribution in [-0.2, 0) is 35.6 Å². The highest BCUT2D eigenvalue weighted by molar-refractivity contribution is 6.42. The molecule has 2 aliphatic heterocycles. The van der Waals surface area contributed by atoms with Gasteiger partial charge in [0.05, 0.1) is 16.1 Å². The fourth-order valence-electron chi connectivity index (χ4n) is 7.68. The zero-order valence-corrected chi connectivity index (χ0v) is 36.9. The van der Waals surface area contributed by atoms with Crippen LogP contribution >= 0.6 is 23.2 Å². The van der Waals surface area contributed by atoms with Gasteiger partial charge in [-0.15, -0.1) is 0 Å². The van der Waals surface area contributed by atoms with Gasteiger partial charge in [0.1, 0.15) is 42.5 Å². The number of hydrogen-bond donors (Lipinski definition) is 3. The van der Waals surface area contributed by atoms with Crippen LogP contribution in [0.1, 0.15) is 63.7 Å². The molecule has 4 atom stereocenters. The van der Waals surface area contributed by atoms with E-state index >= 15 is 0 Å². The third-order valence-corrected chi connectivity index (χ3v) is 12.3. The smallest absolute Gasteiger partial charge is 0.326 e. The number of carbonyl (C=O) groups is 3. The average Bonchev–Trinajstić information content (AvgIpc) is 3.30. The molecule has 0 saturated carbocycles. The predicted molar refractivity (Wildman–Crippen MR) is 242 cm³/mol. The largest absolute Gasteiger partial charge is 0.489 e. The fourth-order valence-corrected chi connectivity index (χ4v) is 8.00. The third-order valence-electron chi connectivity index (χ3n) is 11.5. The molecule has 12 nitrogen and oxygen atoms in total. The van der Waals surface area contributed by atoms with E-state index in [1.807, 2.05) is 93.6 Å². The van der Waals surface area contributed by atoms with Gasteiger partial charge in [-0.25, -0.2) is 9.59 Å². The number of carbonyl (C=O) groups excluding carboxylic acids is 2. The lowest BCUT2D eigenvalue weighted by Crippen LogP contribution is -2.57. The summed E-state index contributed by atoms with van der Waals surface area (Å²) in [4.78, 5) is 46.8. The van der Waals surface area contributed by atoms with E-state index in [9.17, 15) is 19.5 Å². The summed E-state index contributed by atoms with van der Waals surface area (Å²) in [5.41, 5.74) is 6.66. The minimum absolute atomic E-state index is 0.00360. The van der Waals surface area contributed by atoms with Gasteiger partial charge in [0.25, 0.3) is 0 Å². The first-order valence-electron chi connectivity index (χ1n) is 20.8. The van der Waals surface area contributed by atoms with Gasteiger partial charge < -0.3 is 39.6 Å². The number of aromatic nitrogens is 1. The van der Waals surface area contributed by atoms with Gasteiger partial charge in [-0.1, -0.05) is 83.9 Å². The number of urea groups is 1. The van der Waals surface area contributed by atoms with Crippen LogP contribution in [0.15, 0.2) is 121 Å². The third kappa shape index (κ3) is 10.2. The van der Waals surface area contributed by atoms with Crippen LogP contribution < -0.4 is 29.6 Å². The number of fused-ring (bicyclic) bond motifs is 2. The molecule has 64 heavy (non-hydrogen) atoms. The summed E-state index contributed by atoms with van der Waals surface area (Å²) in [7, 11) is 0. The fraction of sp³-hybridized carbons (Fsp3) is 0.240. The van der Waals surface area contributed by atoms with Gasteiger partial charge in [-0.05, 0) is 109 Å². The Kier molecular flexibility index (Phi) is 13.2. The summed E-state index contributed by atoms with van der Waals surface area (Å²) in [6, 6.07) is 31.8. The first kappa shape index (κ1) is 43.9. The molecule has 0 saturated heterocycles. The van der Waals surface area contributed by atoms with Crippen LogP contribution in [0, 0.1) is 13.8 Å². The number of carboxylic acid groups (broad SMARTS) is 1. The first-order chi connectivity index (χ1) is 30.9. The van der Waals surface area contributed by atoms with Gasteiger partial charge in [0.15, 0.2) is 17.6 Å². The number of hydrogen-bond acceptors (Lipinski definition) is 8. The minimum atomic E-state index is -1.28. The van der Waals surface area contributed by atoms with Gasteiger partial charge in [0.2, 0.25) is 5.91 Å². The highest BCUT2D eigenvalue weighted by Crippen LogP contribution is 2.41. The molecule has 3 amide bonds. The van der Waals surface area contributed by atoms with Crippen LogP contribution in [0.3, 0.4) is 0 Å². The summed E-state index contributed by atoms with van der Waals surface area (Å²) in [5.74, 6) is 1.13. The summed E-state index contributed by atoms with van der Waals surface area (Å²) < 4.78 is 24.7. The second-order valence-corrected chi connectivity index (χ2v) is 16.7. The molecule has 1 aromatic heterocycles. The van der Waals surface area contributed by atoms with Crippen molar-refractivity contribution in [3.05, 3.63) is 176 Å². The molecule has 3 unspecified atom stereocenters. The molecular formula is C50H46Cl2N4O8. The second-order valence-electron chi connectivity index (χ2n) is 15.9. The van der Waals surface area contributed by atoms with Gasteiger partial charge in [-0.3, -0.25) is 9.78 Å². The molecule has 0 aliphatic carbocycles. The van der Waals surface area contributed by atoms with E-state index in [0.717, 1.165) is 39.1 Å². The summed E-state index contributed by atoms with van der Waals surface area (Å²) >= 11 is 12.2. The van der Waals surface area contributed by atoms with Crippen LogP contribution in [-0.4, -0.2) is 51.6 Å². The Morgan fingerprint density at radius 2 is 1.56 bits per heavy atom. The van der Waals surface area contributed by atoms with E-state index in [4.69, 9.17) is 42.1 Å². The standard InChI is InChI=1S/C50H46Cl2N4O8/c1-29-30(2)53-20-19-44(29)63-39-14-9-32(10-15-39)22-42(49(58)59)55-48(57)43-23-36-24-45-46(25-37(36)26-56(43)50(60)54-31(3)34-7-5-4-6-8-34)64-47(28-62-45)35-12-16-38(17-13-35)61-27-33-11-18-40(51)41(52)21-33/h4-21,24-25,31,42-43,47H,22-23,26-28H2,1-3H3,(H,54,60)(H,55,57)(H,58,59)/t31?,42-,43?,47?/m0/s1. The Hall–Kier alpha value is -6.76. The molecule has 0 radical (unpaired) electrons. The minimum Gasteiger partial charge on any atom is -0.489 e.